The molecule has 0 radical (unpaired) electrons. The number of fused-ring (bicyclic) bond motifs is 1. The summed E-state index contributed by atoms with van der Waals surface area (Å²) in [5.41, 5.74) is 0. The van der Waals surface area contributed by atoms with Gasteiger partial charge in [0.25, 0.3) is 0 Å². The lowest BCUT2D eigenvalue weighted by Crippen LogP contribution is -1.87. The van der Waals surface area contributed by atoms with Crippen molar-refractivity contribution >= 4 is 22.5 Å². The summed E-state index contributed by atoms with van der Waals surface area (Å²) in [6.07, 6.45) is 0. The van der Waals surface area contributed by atoms with Crippen molar-refractivity contribution in [3.8, 4) is 5.75 Å². The fraction of sp³-hybridized carbons (Fsp3) is 0.231. The maximum absolute atomic E-state index is 9.72. The quantitative estimate of drug-likeness (QED) is 0.767. The number of rotatable bonds is 2. The zero-order chi connectivity index (χ0) is 10.8. The minimum atomic E-state index is 0.360. The summed E-state index contributed by atoms with van der Waals surface area (Å²) >= 11 is 1.83. The van der Waals surface area contributed by atoms with Gasteiger partial charge in [0.2, 0.25) is 0 Å². The third-order valence-electron chi connectivity index (χ3n) is 2.22. The standard InChI is InChI=1S/C13H14OS/c1-9(2)15-13-8-7-12(14)10-5-3-4-6-11(10)13/h3-9,14H,1-2H3. The van der Waals surface area contributed by atoms with E-state index in [9.17, 15) is 5.11 Å². The monoisotopic (exact) mass is 218 g/mol. The summed E-state index contributed by atoms with van der Waals surface area (Å²) in [6, 6.07) is 11.7. The molecule has 0 spiro atoms. The van der Waals surface area contributed by atoms with Crippen molar-refractivity contribution in [3.05, 3.63) is 36.4 Å². The van der Waals surface area contributed by atoms with E-state index < -0.39 is 0 Å². The van der Waals surface area contributed by atoms with Crippen LogP contribution in [0.4, 0.5) is 0 Å². The second-order valence-corrected chi connectivity index (χ2v) is 5.41. The molecule has 1 nitrogen and oxygen atoms in total. The Hall–Kier alpha value is -1.15. The molecule has 0 saturated heterocycles. The molecule has 0 aliphatic heterocycles. The molecular formula is C13H14OS. The zero-order valence-corrected chi connectivity index (χ0v) is 9.71. The molecule has 2 rings (SSSR count). The predicted octanol–water partition coefficient (Wildman–Crippen LogP) is 4.05. The first kappa shape index (κ1) is 10.4. The van der Waals surface area contributed by atoms with Crippen LogP contribution in [0.2, 0.25) is 0 Å². The molecule has 78 valence electrons. The lowest BCUT2D eigenvalue weighted by Gasteiger charge is -2.09. The lowest BCUT2D eigenvalue weighted by atomic mass is 10.1. The van der Waals surface area contributed by atoms with Crippen molar-refractivity contribution < 1.29 is 5.11 Å². The predicted molar refractivity (Wildman–Crippen MR) is 66.6 cm³/mol. The van der Waals surface area contributed by atoms with Gasteiger partial charge in [0.1, 0.15) is 5.75 Å². The fourth-order valence-corrected chi connectivity index (χ4v) is 2.57. The zero-order valence-electron chi connectivity index (χ0n) is 8.90. The molecular weight excluding hydrogens is 204 g/mol. The smallest absolute Gasteiger partial charge is 0.123 e. The summed E-state index contributed by atoms with van der Waals surface area (Å²) in [5.74, 6) is 0.360. The number of phenols is 1. The highest BCUT2D eigenvalue weighted by Crippen LogP contribution is 2.34. The van der Waals surface area contributed by atoms with Gasteiger partial charge in [-0.15, -0.1) is 11.8 Å². The highest BCUT2D eigenvalue weighted by molar-refractivity contribution is 8.00. The van der Waals surface area contributed by atoms with E-state index in [0.717, 1.165) is 10.8 Å². The maximum atomic E-state index is 9.72. The molecule has 0 saturated carbocycles. The molecule has 1 N–H and O–H groups in total. The molecule has 2 heteroatoms. The average molecular weight is 218 g/mol. The molecule has 0 bridgehead atoms. The van der Waals surface area contributed by atoms with Crippen LogP contribution in [0.5, 0.6) is 5.75 Å². The van der Waals surface area contributed by atoms with Crippen molar-refractivity contribution in [1.29, 1.82) is 0 Å². The molecule has 0 aliphatic rings. The molecule has 2 aromatic carbocycles. The molecule has 0 heterocycles. The average Bonchev–Trinajstić information content (AvgIpc) is 2.22. The lowest BCUT2D eigenvalue weighted by molar-refractivity contribution is 0.481. The molecule has 0 amide bonds. The summed E-state index contributed by atoms with van der Waals surface area (Å²) < 4.78 is 0. The Morgan fingerprint density at radius 3 is 2.33 bits per heavy atom. The first-order chi connectivity index (χ1) is 7.18. The molecule has 0 atom stereocenters. The van der Waals surface area contributed by atoms with Gasteiger partial charge in [-0.2, -0.15) is 0 Å². The number of hydrogen-bond acceptors (Lipinski definition) is 2. The van der Waals surface area contributed by atoms with E-state index in [0.29, 0.717) is 11.0 Å². The van der Waals surface area contributed by atoms with Crippen LogP contribution < -0.4 is 0 Å². The third-order valence-corrected chi connectivity index (χ3v) is 3.31. The van der Waals surface area contributed by atoms with Crippen molar-refractivity contribution in [1.82, 2.24) is 0 Å². The molecule has 15 heavy (non-hydrogen) atoms. The molecule has 0 fully saturated rings. The van der Waals surface area contributed by atoms with Gasteiger partial charge in [0.05, 0.1) is 0 Å². The molecule has 0 aromatic heterocycles. The molecule has 2 aromatic rings. The minimum Gasteiger partial charge on any atom is -0.507 e. The van der Waals surface area contributed by atoms with Crippen LogP contribution in [-0.4, -0.2) is 10.4 Å². The van der Waals surface area contributed by atoms with Gasteiger partial charge in [-0.3, -0.25) is 0 Å². The Labute approximate surface area is 94.1 Å². The van der Waals surface area contributed by atoms with Gasteiger partial charge < -0.3 is 5.11 Å². The summed E-state index contributed by atoms with van der Waals surface area (Å²) in [7, 11) is 0. The van der Waals surface area contributed by atoms with E-state index in [2.05, 4.69) is 19.9 Å². The summed E-state index contributed by atoms with van der Waals surface area (Å²) in [6.45, 7) is 4.35. The van der Waals surface area contributed by atoms with Crippen LogP contribution in [0.3, 0.4) is 0 Å². The van der Waals surface area contributed by atoms with E-state index in [1.54, 1.807) is 6.07 Å². The first-order valence-electron chi connectivity index (χ1n) is 5.06. The van der Waals surface area contributed by atoms with Crippen molar-refractivity contribution in [2.24, 2.45) is 0 Å². The Morgan fingerprint density at radius 2 is 1.67 bits per heavy atom. The normalized spacial score (nSPS) is 11.1. The first-order valence-corrected chi connectivity index (χ1v) is 5.94. The van der Waals surface area contributed by atoms with Gasteiger partial charge in [-0.1, -0.05) is 38.1 Å². The van der Waals surface area contributed by atoms with Gasteiger partial charge in [-0.25, -0.2) is 0 Å². The third kappa shape index (κ3) is 2.10. The Balaban J connectivity index is 2.61. The Bertz CT molecular complexity index is 477. The van der Waals surface area contributed by atoms with Crippen molar-refractivity contribution in [3.63, 3.8) is 0 Å². The van der Waals surface area contributed by atoms with Crippen LogP contribution in [0.15, 0.2) is 41.3 Å². The van der Waals surface area contributed by atoms with E-state index in [1.807, 2.05) is 36.0 Å². The van der Waals surface area contributed by atoms with Crippen LogP contribution >= 0.6 is 11.8 Å². The second kappa shape index (κ2) is 4.15. The number of benzene rings is 2. The van der Waals surface area contributed by atoms with Crippen LogP contribution in [0, 0.1) is 0 Å². The fourth-order valence-electron chi connectivity index (χ4n) is 1.61. The van der Waals surface area contributed by atoms with E-state index in [1.165, 1.54) is 4.90 Å². The topological polar surface area (TPSA) is 20.2 Å². The van der Waals surface area contributed by atoms with Gasteiger partial charge >= 0.3 is 0 Å². The number of phenolic OH excluding ortho intramolecular Hbond substituents is 1. The molecule has 0 aliphatic carbocycles. The molecule has 0 unspecified atom stereocenters. The largest absolute Gasteiger partial charge is 0.507 e. The van der Waals surface area contributed by atoms with Crippen LogP contribution in [0.1, 0.15) is 13.8 Å². The van der Waals surface area contributed by atoms with Crippen molar-refractivity contribution in [2.75, 3.05) is 0 Å². The Morgan fingerprint density at radius 1 is 1.00 bits per heavy atom. The summed E-state index contributed by atoms with van der Waals surface area (Å²) in [5, 5.41) is 12.3. The van der Waals surface area contributed by atoms with E-state index in [4.69, 9.17) is 0 Å². The van der Waals surface area contributed by atoms with Crippen LogP contribution in [0.25, 0.3) is 10.8 Å². The van der Waals surface area contributed by atoms with Crippen molar-refractivity contribution in [2.45, 2.75) is 24.0 Å². The number of aromatic hydroxyl groups is 1. The van der Waals surface area contributed by atoms with E-state index in [-0.39, 0.29) is 0 Å². The summed E-state index contributed by atoms with van der Waals surface area (Å²) in [4.78, 5) is 1.23. The van der Waals surface area contributed by atoms with E-state index >= 15 is 0 Å². The highest BCUT2D eigenvalue weighted by Gasteiger charge is 2.06. The van der Waals surface area contributed by atoms with Gasteiger partial charge in [-0.05, 0) is 17.5 Å². The number of hydrogen-bond donors (Lipinski definition) is 1. The van der Waals surface area contributed by atoms with Gasteiger partial charge in [0, 0.05) is 15.5 Å². The number of thioether (sulfide) groups is 1. The highest BCUT2D eigenvalue weighted by atomic mass is 32.2. The van der Waals surface area contributed by atoms with Gasteiger partial charge in [0.15, 0.2) is 0 Å². The Kier molecular flexibility index (Phi) is 2.87. The van der Waals surface area contributed by atoms with Crippen LogP contribution in [-0.2, 0) is 0 Å². The second-order valence-electron chi connectivity index (χ2n) is 3.80. The maximum Gasteiger partial charge on any atom is 0.123 e. The SMILES string of the molecule is CC(C)Sc1ccc(O)c2ccccc12. The minimum absolute atomic E-state index is 0.360.